The average molecular weight is 199 g/mol. The van der Waals surface area contributed by atoms with E-state index in [4.69, 9.17) is 11.6 Å². The Kier molecular flexibility index (Phi) is 4.57. The predicted octanol–water partition coefficient (Wildman–Crippen LogP) is 2.32. The first kappa shape index (κ1) is 8.44. The Morgan fingerprint density at radius 2 is 2.38 bits per heavy atom. The van der Waals surface area contributed by atoms with E-state index in [0.29, 0.717) is 0 Å². The summed E-state index contributed by atoms with van der Waals surface area (Å²) in [5, 5.41) is -0.299. The molecule has 0 radical (unpaired) electrons. The zero-order valence-electron chi connectivity index (χ0n) is 4.66. The smallest absolute Gasteiger partial charge is 0.235 e. The van der Waals surface area contributed by atoms with E-state index in [1.807, 2.05) is 6.92 Å². The van der Waals surface area contributed by atoms with Crippen LogP contribution in [0.5, 0.6) is 0 Å². The summed E-state index contributed by atoms with van der Waals surface area (Å²) in [6, 6.07) is 0. The van der Waals surface area contributed by atoms with Crippen molar-refractivity contribution < 1.29 is 4.79 Å². The van der Waals surface area contributed by atoms with Crippen molar-refractivity contribution in [3.63, 3.8) is 0 Å². The topological polar surface area (TPSA) is 17.1 Å². The second-order valence-electron chi connectivity index (χ2n) is 1.56. The largest absolute Gasteiger partial charge is 0.280 e. The van der Waals surface area contributed by atoms with Gasteiger partial charge >= 0.3 is 0 Å². The van der Waals surface area contributed by atoms with E-state index in [0.717, 1.165) is 12.8 Å². The van der Waals surface area contributed by atoms with Gasteiger partial charge in [-0.05, 0) is 18.0 Å². The highest BCUT2D eigenvalue weighted by atomic mass is 79.9. The van der Waals surface area contributed by atoms with E-state index in [1.54, 1.807) is 0 Å². The van der Waals surface area contributed by atoms with Gasteiger partial charge < -0.3 is 0 Å². The third-order valence-corrected chi connectivity index (χ3v) is 2.19. The van der Waals surface area contributed by atoms with Gasteiger partial charge in [0.25, 0.3) is 0 Å². The van der Waals surface area contributed by atoms with Crippen molar-refractivity contribution in [2.75, 3.05) is 0 Å². The van der Waals surface area contributed by atoms with Gasteiger partial charge in [-0.3, -0.25) is 4.79 Å². The summed E-state index contributed by atoms with van der Waals surface area (Å²) >= 11 is 8.24. The van der Waals surface area contributed by atoms with Crippen LogP contribution in [-0.4, -0.2) is 10.1 Å². The molecule has 0 saturated heterocycles. The fourth-order valence-electron chi connectivity index (χ4n) is 0.367. The summed E-state index contributed by atoms with van der Waals surface area (Å²) < 4.78 is 0. The summed E-state index contributed by atoms with van der Waals surface area (Å²) in [5.41, 5.74) is 0. The second kappa shape index (κ2) is 4.33. The summed E-state index contributed by atoms with van der Waals surface area (Å²) in [7, 11) is 0. The minimum Gasteiger partial charge on any atom is -0.280 e. The minimum atomic E-state index is -0.299. The molecule has 0 bridgehead atoms. The van der Waals surface area contributed by atoms with E-state index in [9.17, 15) is 4.79 Å². The summed E-state index contributed by atoms with van der Waals surface area (Å²) in [6.45, 7) is 2.01. The zero-order valence-corrected chi connectivity index (χ0v) is 7.00. The molecule has 0 aromatic heterocycles. The lowest BCUT2D eigenvalue weighted by atomic mass is 10.3. The molecule has 0 saturated carbocycles. The van der Waals surface area contributed by atoms with E-state index in [-0.39, 0.29) is 10.1 Å². The van der Waals surface area contributed by atoms with Crippen molar-refractivity contribution in [3.8, 4) is 0 Å². The number of carbonyl (C=O) groups is 1. The molecule has 0 amide bonds. The fraction of sp³-hybridized carbons (Fsp3) is 0.800. The van der Waals surface area contributed by atoms with Crippen LogP contribution in [0.25, 0.3) is 0 Å². The highest BCUT2D eigenvalue weighted by molar-refractivity contribution is 9.10. The van der Waals surface area contributed by atoms with E-state index in [1.165, 1.54) is 0 Å². The first-order valence-electron chi connectivity index (χ1n) is 2.52. The lowest BCUT2D eigenvalue weighted by Crippen LogP contribution is -2.05. The molecule has 1 nitrogen and oxygen atoms in total. The zero-order chi connectivity index (χ0) is 6.57. The first-order valence-corrected chi connectivity index (χ1v) is 3.81. The molecule has 0 aromatic rings. The van der Waals surface area contributed by atoms with Crippen molar-refractivity contribution >= 4 is 32.8 Å². The van der Waals surface area contributed by atoms with Gasteiger partial charge in [0.15, 0.2) is 0 Å². The molecule has 0 aliphatic carbocycles. The van der Waals surface area contributed by atoms with Crippen LogP contribution in [0.4, 0.5) is 0 Å². The van der Waals surface area contributed by atoms with Crippen LogP contribution < -0.4 is 0 Å². The monoisotopic (exact) mass is 198 g/mol. The molecule has 3 heteroatoms. The second-order valence-corrected chi connectivity index (χ2v) is 3.04. The Balaban J connectivity index is 3.32. The van der Waals surface area contributed by atoms with Crippen molar-refractivity contribution in [1.82, 2.24) is 0 Å². The molecule has 8 heavy (non-hydrogen) atoms. The van der Waals surface area contributed by atoms with Gasteiger partial charge in [-0.1, -0.05) is 29.3 Å². The first-order chi connectivity index (χ1) is 3.68. The Labute approximate surface area is 62.5 Å². The summed E-state index contributed by atoms with van der Waals surface area (Å²) in [6.07, 6.45) is 1.80. The number of hydrogen-bond donors (Lipinski definition) is 0. The molecule has 0 rings (SSSR count). The highest BCUT2D eigenvalue weighted by Gasteiger charge is 2.08. The van der Waals surface area contributed by atoms with Crippen molar-refractivity contribution in [2.24, 2.45) is 0 Å². The van der Waals surface area contributed by atoms with Gasteiger partial charge in [0.05, 0.1) is 4.83 Å². The lowest BCUT2D eigenvalue weighted by molar-refractivity contribution is -0.111. The van der Waals surface area contributed by atoms with Crippen LogP contribution >= 0.6 is 27.5 Å². The van der Waals surface area contributed by atoms with Crippen LogP contribution in [0.1, 0.15) is 19.8 Å². The molecular weight excluding hydrogens is 191 g/mol. The number of hydrogen-bond acceptors (Lipinski definition) is 1. The lowest BCUT2D eigenvalue weighted by Gasteiger charge is -1.97. The average Bonchev–Trinajstić information content (AvgIpc) is 1.67. The van der Waals surface area contributed by atoms with E-state index >= 15 is 0 Å². The maximum Gasteiger partial charge on any atom is 0.235 e. The normalized spacial score (nSPS) is 13.4. The van der Waals surface area contributed by atoms with Gasteiger partial charge in [0.1, 0.15) is 0 Å². The van der Waals surface area contributed by atoms with Gasteiger partial charge in [-0.25, -0.2) is 0 Å². The molecule has 0 fully saturated rings. The number of rotatable bonds is 3. The number of halogens is 2. The predicted molar refractivity (Wildman–Crippen MR) is 38.5 cm³/mol. The third kappa shape index (κ3) is 3.44. The van der Waals surface area contributed by atoms with Gasteiger partial charge in [0.2, 0.25) is 5.24 Å². The Hall–Kier alpha value is 0.440. The molecule has 0 aliphatic rings. The fourth-order valence-corrected chi connectivity index (χ4v) is 0.934. The quantitative estimate of drug-likeness (QED) is 0.504. The van der Waals surface area contributed by atoms with E-state index < -0.39 is 0 Å². The SMILES string of the molecule is CCCC(Br)C(=O)Cl. The Morgan fingerprint density at radius 1 is 1.88 bits per heavy atom. The molecule has 0 aromatic carbocycles. The molecule has 1 unspecified atom stereocenters. The van der Waals surface area contributed by atoms with Gasteiger partial charge in [-0.15, -0.1) is 0 Å². The van der Waals surface area contributed by atoms with E-state index in [2.05, 4.69) is 15.9 Å². The minimum absolute atomic E-state index is 0.144. The molecule has 0 aliphatic heterocycles. The maximum atomic E-state index is 10.3. The van der Waals surface area contributed by atoms with Gasteiger partial charge in [0, 0.05) is 0 Å². The van der Waals surface area contributed by atoms with Gasteiger partial charge in [-0.2, -0.15) is 0 Å². The van der Waals surface area contributed by atoms with Crippen LogP contribution in [0.3, 0.4) is 0 Å². The molecule has 1 atom stereocenters. The molecule has 0 spiro atoms. The summed E-state index contributed by atoms with van der Waals surface area (Å²) in [4.78, 5) is 10.1. The third-order valence-electron chi connectivity index (χ3n) is 0.788. The van der Waals surface area contributed by atoms with Crippen LogP contribution in [0.2, 0.25) is 0 Å². The van der Waals surface area contributed by atoms with Crippen LogP contribution in [-0.2, 0) is 4.79 Å². The Morgan fingerprint density at radius 3 is 2.50 bits per heavy atom. The molecular formula is C5H8BrClO. The maximum absolute atomic E-state index is 10.3. The number of carbonyl (C=O) groups excluding carboxylic acids is 1. The molecule has 0 N–H and O–H groups in total. The van der Waals surface area contributed by atoms with Crippen LogP contribution in [0.15, 0.2) is 0 Å². The molecule has 0 heterocycles. The molecule has 48 valence electrons. The standard InChI is InChI=1S/C5H8BrClO/c1-2-3-4(6)5(7)8/h4H,2-3H2,1H3. The van der Waals surface area contributed by atoms with Crippen molar-refractivity contribution in [1.29, 1.82) is 0 Å². The number of alkyl halides is 1. The van der Waals surface area contributed by atoms with Crippen molar-refractivity contribution in [3.05, 3.63) is 0 Å². The van der Waals surface area contributed by atoms with Crippen molar-refractivity contribution in [2.45, 2.75) is 24.6 Å². The van der Waals surface area contributed by atoms with Crippen LogP contribution in [0, 0.1) is 0 Å². The summed E-state index contributed by atoms with van der Waals surface area (Å²) in [5.74, 6) is 0. The highest BCUT2D eigenvalue weighted by Crippen LogP contribution is 2.10. The Bertz CT molecular complexity index is 84.5.